The van der Waals surface area contributed by atoms with Gasteiger partial charge in [-0.3, -0.25) is 9.59 Å². The maximum atomic E-state index is 14.5. The Morgan fingerprint density at radius 2 is 1.79 bits per heavy atom. The first-order valence-electron chi connectivity index (χ1n) is 15.1. The van der Waals surface area contributed by atoms with Crippen molar-refractivity contribution in [3.63, 3.8) is 0 Å². The van der Waals surface area contributed by atoms with Crippen molar-refractivity contribution in [1.29, 1.82) is 0 Å². The Hall–Kier alpha value is -4.60. The van der Waals surface area contributed by atoms with Crippen molar-refractivity contribution >= 4 is 46.7 Å². The Morgan fingerprint density at radius 1 is 1.00 bits per heavy atom. The van der Waals surface area contributed by atoms with Crippen LogP contribution in [0.2, 0.25) is 10.0 Å². The highest BCUT2D eigenvalue weighted by atomic mass is 35.5. The van der Waals surface area contributed by atoms with Gasteiger partial charge in [-0.15, -0.1) is 0 Å². The monoisotopic (exact) mass is 676 g/mol. The van der Waals surface area contributed by atoms with E-state index in [0.29, 0.717) is 63.4 Å². The first kappa shape index (κ1) is 33.8. The average molecular weight is 678 g/mol. The lowest BCUT2D eigenvalue weighted by Gasteiger charge is -2.28. The highest BCUT2D eigenvalue weighted by molar-refractivity contribution is 6.33. The summed E-state index contributed by atoms with van der Waals surface area (Å²) in [5, 5.41) is 9.95. The lowest BCUT2D eigenvalue weighted by atomic mass is 9.76. The molecule has 3 aromatic carbocycles. The number of carbonyl (C=O) groups is 3. The first-order chi connectivity index (χ1) is 22.5. The molecule has 11 heteroatoms. The van der Waals surface area contributed by atoms with Gasteiger partial charge in [-0.2, -0.15) is 4.57 Å². The minimum Gasteiger partial charge on any atom is -0.497 e. The van der Waals surface area contributed by atoms with E-state index in [1.165, 1.54) is 0 Å². The molecule has 244 valence electrons. The van der Waals surface area contributed by atoms with E-state index >= 15 is 0 Å². The molecule has 47 heavy (non-hydrogen) atoms. The van der Waals surface area contributed by atoms with Crippen LogP contribution in [0.4, 0.5) is 5.69 Å². The zero-order valence-electron chi connectivity index (χ0n) is 26.6. The topological polar surface area (TPSA) is 100 Å². The van der Waals surface area contributed by atoms with Crippen LogP contribution in [-0.4, -0.2) is 55.1 Å². The zero-order valence-corrected chi connectivity index (χ0v) is 28.1. The summed E-state index contributed by atoms with van der Waals surface area (Å²) in [4.78, 5) is 42.9. The number of hydrogen-bond donors (Lipinski definition) is 1. The Bertz CT molecular complexity index is 1850. The molecule has 0 fully saturated rings. The molecular formula is C36H36Cl2N3O6+. The molecule has 9 nitrogen and oxygen atoms in total. The minimum absolute atomic E-state index is 0.144. The Balaban J connectivity index is 1.46. The lowest BCUT2D eigenvalue weighted by Crippen LogP contribution is -2.39. The molecule has 0 saturated carbocycles. The van der Waals surface area contributed by atoms with Crippen LogP contribution in [0.1, 0.15) is 46.5 Å². The fourth-order valence-electron chi connectivity index (χ4n) is 6.08. The van der Waals surface area contributed by atoms with Crippen molar-refractivity contribution in [2.24, 2.45) is 0 Å². The fraction of sp³-hybridized carbons (Fsp3) is 0.278. The second kappa shape index (κ2) is 14.0. The van der Waals surface area contributed by atoms with E-state index in [9.17, 15) is 14.4 Å². The van der Waals surface area contributed by atoms with Crippen LogP contribution in [-0.2, 0) is 34.5 Å². The van der Waals surface area contributed by atoms with E-state index in [0.717, 1.165) is 11.1 Å². The fourth-order valence-corrected chi connectivity index (χ4v) is 6.56. The zero-order chi connectivity index (χ0) is 33.9. The van der Waals surface area contributed by atoms with E-state index in [1.807, 2.05) is 38.1 Å². The quantitative estimate of drug-likeness (QED) is 0.187. The van der Waals surface area contributed by atoms with E-state index < -0.39 is 11.4 Å². The summed E-state index contributed by atoms with van der Waals surface area (Å²) >= 11 is 13.3. The molecule has 1 unspecified atom stereocenters. The molecule has 0 bridgehead atoms. The van der Waals surface area contributed by atoms with E-state index in [-0.39, 0.29) is 24.9 Å². The van der Waals surface area contributed by atoms with Gasteiger partial charge in [0.25, 0.3) is 5.91 Å². The minimum atomic E-state index is -1.24. The van der Waals surface area contributed by atoms with Crippen LogP contribution in [0.3, 0.4) is 0 Å². The number of ether oxygens (including phenoxy) is 2. The van der Waals surface area contributed by atoms with Crippen LogP contribution >= 0.6 is 23.2 Å². The number of hydrogen-bond acceptors (Lipinski definition) is 5. The van der Waals surface area contributed by atoms with Gasteiger partial charge in [-0.25, -0.2) is 4.79 Å². The van der Waals surface area contributed by atoms with Gasteiger partial charge >= 0.3 is 5.97 Å². The molecule has 5 rings (SSSR count). The number of likely N-dealkylation sites (N-methyl/N-ethyl adjacent to an activating group) is 1. The van der Waals surface area contributed by atoms with Crippen LogP contribution in [0.5, 0.6) is 11.5 Å². The van der Waals surface area contributed by atoms with Crippen molar-refractivity contribution in [2.45, 2.75) is 38.8 Å². The molecule has 1 N–H and O–H groups in total. The number of carboxylic acids is 1. The standard InChI is InChI=1S/C36H35Cl2N3O6/c1-5-40(16-14-23-7-6-15-39(20-23)22-33(42)43)34(44)24-9-12-30(38)28(17-24)36(2)29-18-26(37)10-13-31(29)41(35(36)45)21-25-8-11-27(46-3)19-32(25)47-4/h6-13,15,17-20H,5,14,16,21-22H2,1-4H3/p+1. The van der Waals surface area contributed by atoms with E-state index in [4.69, 9.17) is 37.8 Å². The highest BCUT2D eigenvalue weighted by Crippen LogP contribution is 2.49. The van der Waals surface area contributed by atoms with Crippen LogP contribution in [0.15, 0.2) is 79.1 Å². The Morgan fingerprint density at radius 3 is 2.49 bits per heavy atom. The molecule has 1 atom stereocenters. The predicted octanol–water partition coefficient (Wildman–Crippen LogP) is 5.94. The summed E-state index contributed by atoms with van der Waals surface area (Å²) in [6, 6.07) is 19.5. The van der Waals surface area contributed by atoms with Crippen LogP contribution in [0, 0.1) is 0 Å². The van der Waals surface area contributed by atoms with Crippen LogP contribution in [0.25, 0.3) is 0 Å². The second-order valence-corrected chi connectivity index (χ2v) is 12.3. The molecule has 2 amide bonds. The number of halogens is 2. The van der Waals surface area contributed by atoms with Gasteiger partial charge < -0.3 is 24.4 Å². The number of aromatic nitrogens is 1. The Labute approximate surface area is 283 Å². The molecule has 1 aliphatic rings. The van der Waals surface area contributed by atoms with Gasteiger partial charge in [0.05, 0.1) is 20.8 Å². The molecule has 1 aliphatic heterocycles. The van der Waals surface area contributed by atoms with E-state index in [2.05, 4.69) is 0 Å². The number of amides is 2. The summed E-state index contributed by atoms with van der Waals surface area (Å²) in [6.07, 6.45) is 4.00. The maximum absolute atomic E-state index is 14.5. The predicted molar refractivity (Wildman–Crippen MR) is 180 cm³/mol. The van der Waals surface area contributed by atoms with E-state index in [1.54, 1.807) is 83.4 Å². The van der Waals surface area contributed by atoms with Gasteiger partial charge in [0.2, 0.25) is 12.5 Å². The molecule has 0 saturated heterocycles. The highest BCUT2D eigenvalue weighted by Gasteiger charge is 2.50. The molecule has 0 aliphatic carbocycles. The van der Waals surface area contributed by atoms with Gasteiger partial charge in [0, 0.05) is 57.6 Å². The number of carboxylic acid groups (broad SMARTS) is 1. The first-order valence-corrected chi connectivity index (χ1v) is 15.9. The largest absolute Gasteiger partial charge is 0.497 e. The second-order valence-electron chi connectivity index (χ2n) is 11.5. The summed E-state index contributed by atoms with van der Waals surface area (Å²) in [5.74, 6) is -0.141. The average Bonchev–Trinajstić information content (AvgIpc) is 3.26. The van der Waals surface area contributed by atoms with Gasteiger partial charge in [-0.1, -0.05) is 23.2 Å². The van der Waals surface area contributed by atoms with Gasteiger partial charge in [0.15, 0.2) is 12.4 Å². The lowest BCUT2D eigenvalue weighted by molar-refractivity contribution is -0.686. The molecule has 0 spiro atoms. The van der Waals surface area contributed by atoms with Crippen molar-refractivity contribution in [2.75, 3.05) is 32.2 Å². The van der Waals surface area contributed by atoms with Crippen molar-refractivity contribution in [3.05, 3.63) is 117 Å². The number of aliphatic carboxylic acids is 1. The number of rotatable bonds is 12. The number of benzene rings is 3. The molecular weight excluding hydrogens is 641 g/mol. The SMILES string of the molecule is CCN(CCc1ccc[n+](CC(=O)O)c1)C(=O)c1ccc(Cl)c(C2(C)C(=O)N(Cc3ccc(OC)cc3OC)c3ccc(Cl)cc32)c1. The normalized spacial score (nSPS) is 15.4. The smallest absolute Gasteiger partial charge is 0.370 e. The number of nitrogens with zero attached hydrogens (tertiary/aromatic N) is 3. The molecule has 1 aromatic heterocycles. The summed E-state index contributed by atoms with van der Waals surface area (Å²) in [5.41, 5.74) is 2.71. The number of carbonyl (C=O) groups excluding carboxylic acids is 2. The summed E-state index contributed by atoms with van der Waals surface area (Å²) < 4.78 is 12.6. The third-order valence-corrected chi connectivity index (χ3v) is 9.18. The van der Waals surface area contributed by atoms with Gasteiger partial charge in [-0.05, 0) is 86.0 Å². The van der Waals surface area contributed by atoms with Crippen molar-refractivity contribution in [1.82, 2.24) is 4.90 Å². The summed E-state index contributed by atoms with van der Waals surface area (Å²) in [7, 11) is 3.15. The number of pyridine rings is 1. The molecule has 2 heterocycles. The molecule has 4 aromatic rings. The number of methoxy groups -OCH3 is 2. The Kier molecular flexibility index (Phi) is 10.1. The number of anilines is 1. The molecule has 0 radical (unpaired) electrons. The third kappa shape index (κ3) is 6.77. The maximum Gasteiger partial charge on any atom is 0.370 e. The van der Waals surface area contributed by atoms with Crippen LogP contribution < -0.4 is 18.9 Å². The summed E-state index contributed by atoms with van der Waals surface area (Å²) in [6.45, 7) is 4.65. The van der Waals surface area contributed by atoms with Crippen molar-refractivity contribution < 1.29 is 33.5 Å². The number of fused-ring (bicyclic) bond motifs is 1. The van der Waals surface area contributed by atoms with Gasteiger partial charge in [0.1, 0.15) is 16.9 Å². The third-order valence-electron chi connectivity index (χ3n) is 8.61. The van der Waals surface area contributed by atoms with Crippen molar-refractivity contribution in [3.8, 4) is 11.5 Å².